The number of benzene rings is 1. The zero-order valence-corrected chi connectivity index (χ0v) is 12.4. The molecule has 3 nitrogen and oxygen atoms in total. The summed E-state index contributed by atoms with van der Waals surface area (Å²) in [5, 5.41) is 3.54. The molecule has 106 valence electrons. The van der Waals surface area contributed by atoms with E-state index in [9.17, 15) is 4.79 Å². The van der Waals surface area contributed by atoms with Gasteiger partial charge in [0.05, 0.1) is 6.17 Å². The van der Waals surface area contributed by atoms with Crippen LogP contribution in [-0.2, 0) is 10.2 Å². The summed E-state index contributed by atoms with van der Waals surface area (Å²) in [5.74, 6) is 0.0959. The van der Waals surface area contributed by atoms with Crippen molar-refractivity contribution in [3.8, 4) is 0 Å². The maximum Gasteiger partial charge on any atom is 0.225 e. The average molecular weight is 270 g/mol. The van der Waals surface area contributed by atoms with Gasteiger partial charge in [-0.25, -0.2) is 0 Å². The lowest BCUT2D eigenvalue weighted by Crippen LogP contribution is -2.54. The molecule has 3 rings (SSSR count). The fraction of sp³-hybridized carbons (Fsp3) is 0.471. The molecule has 1 aromatic carbocycles. The summed E-state index contributed by atoms with van der Waals surface area (Å²) >= 11 is 0. The highest BCUT2D eigenvalue weighted by molar-refractivity contribution is 5.96. The van der Waals surface area contributed by atoms with E-state index in [-0.39, 0.29) is 22.9 Å². The van der Waals surface area contributed by atoms with Gasteiger partial charge in [-0.05, 0) is 30.0 Å². The molecule has 2 heterocycles. The molecular weight excluding hydrogens is 248 g/mol. The lowest BCUT2D eigenvalue weighted by molar-refractivity contribution is -0.117. The second-order valence-corrected chi connectivity index (χ2v) is 6.41. The van der Waals surface area contributed by atoms with Crippen LogP contribution in [0.15, 0.2) is 36.9 Å². The number of allylic oxidation sites excluding steroid dienone is 1. The van der Waals surface area contributed by atoms with Gasteiger partial charge in [0.2, 0.25) is 5.91 Å². The van der Waals surface area contributed by atoms with Crippen molar-refractivity contribution in [2.45, 2.75) is 38.8 Å². The average Bonchev–Trinajstić information content (AvgIpc) is 2.94. The minimum absolute atomic E-state index is 0.0328. The molecule has 0 radical (unpaired) electrons. The van der Waals surface area contributed by atoms with Crippen LogP contribution in [0.3, 0.4) is 0 Å². The van der Waals surface area contributed by atoms with Crippen molar-refractivity contribution in [1.82, 2.24) is 5.32 Å². The molecule has 0 aliphatic carbocycles. The number of anilines is 1. The number of nitrogens with one attached hydrogen (secondary N) is 1. The summed E-state index contributed by atoms with van der Waals surface area (Å²) in [5.41, 5.74) is 2.15. The molecule has 3 heteroatoms. The molecule has 0 aromatic heterocycles. The highest BCUT2D eigenvalue weighted by Gasteiger charge is 2.60. The number of hydrogen-bond donors (Lipinski definition) is 1. The van der Waals surface area contributed by atoms with Gasteiger partial charge in [0, 0.05) is 18.0 Å². The fourth-order valence-corrected chi connectivity index (χ4v) is 4.07. The molecule has 1 saturated heterocycles. The summed E-state index contributed by atoms with van der Waals surface area (Å²) in [6, 6.07) is 8.30. The van der Waals surface area contributed by atoms with Crippen LogP contribution in [0.2, 0.25) is 0 Å². The molecular formula is C17H22N2O. The van der Waals surface area contributed by atoms with E-state index in [0.717, 1.165) is 18.7 Å². The first-order valence-electron chi connectivity index (χ1n) is 7.22. The van der Waals surface area contributed by atoms with Crippen molar-refractivity contribution >= 4 is 11.6 Å². The molecule has 0 saturated carbocycles. The molecule has 1 amide bonds. The van der Waals surface area contributed by atoms with Crippen LogP contribution >= 0.6 is 0 Å². The highest BCUT2D eigenvalue weighted by Crippen LogP contribution is 2.58. The van der Waals surface area contributed by atoms with Crippen LogP contribution in [0.4, 0.5) is 5.69 Å². The summed E-state index contributed by atoms with van der Waals surface area (Å²) in [6.07, 6.45) is 3.09. The predicted molar refractivity (Wildman–Crippen MR) is 81.7 cm³/mol. The van der Waals surface area contributed by atoms with Gasteiger partial charge in [0.15, 0.2) is 0 Å². The molecule has 1 fully saturated rings. The maximum absolute atomic E-state index is 12.2. The Morgan fingerprint density at radius 3 is 2.85 bits per heavy atom. The van der Waals surface area contributed by atoms with Crippen molar-refractivity contribution in [2.75, 3.05) is 11.4 Å². The lowest BCUT2D eigenvalue weighted by atomic mass is 9.61. The van der Waals surface area contributed by atoms with E-state index < -0.39 is 0 Å². The Balaban J connectivity index is 2.29. The standard InChI is InChI=1S/C17H22N2O/c1-5-16(3,4)17-10-11-18-15(17)19(12(2)20)14-9-7-6-8-13(14)17/h5-9,15,18H,1,10-11H2,2-4H3/t15-,17-/m1/s1. The number of nitrogens with zero attached hydrogens (tertiary/aromatic N) is 1. The summed E-state index contributed by atoms with van der Waals surface area (Å²) < 4.78 is 0. The van der Waals surface area contributed by atoms with E-state index in [1.165, 1.54) is 5.56 Å². The Hall–Kier alpha value is -1.61. The smallest absolute Gasteiger partial charge is 0.225 e. The minimum atomic E-state index is -0.0863. The SMILES string of the molecule is C=CC(C)(C)[C@@]12CCN[C@@H]1N(C(C)=O)c1ccccc12. The molecule has 1 aromatic rings. The quantitative estimate of drug-likeness (QED) is 0.838. The van der Waals surface area contributed by atoms with Crippen LogP contribution in [0.25, 0.3) is 0 Å². The molecule has 2 aliphatic rings. The first-order chi connectivity index (χ1) is 9.45. The normalized spacial score (nSPS) is 28.1. The van der Waals surface area contributed by atoms with E-state index >= 15 is 0 Å². The Morgan fingerprint density at radius 2 is 2.20 bits per heavy atom. The van der Waals surface area contributed by atoms with Crippen molar-refractivity contribution in [3.05, 3.63) is 42.5 Å². The number of hydrogen-bond acceptors (Lipinski definition) is 2. The van der Waals surface area contributed by atoms with Gasteiger partial charge in [-0.1, -0.05) is 38.1 Å². The van der Waals surface area contributed by atoms with Crippen LogP contribution in [-0.4, -0.2) is 18.6 Å². The molecule has 2 aliphatic heterocycles. The van der Waals surface area contributed by atoms with Crippen LogP contribution in [0.1, 0.15) is 32.8 Å². The van der Waals surface area contributed by atoms with Crippen molar-refractivity contribution in [3.63, 3.8) is 0 Å². The monoisotopic (exact) mass is 270 g/mol. The van der Waals surface area contributed by atoms with Gasteiger partial charge < -0.3 is 0 Å². The van der Waals surface area contributed by atoms with E-state index in [4.69, 9.17) is 0 Å². The summed E-state index contributed by atoms with van der Waals surface area (Å²) in [6.45, 7) is 11.1. The molecule has 0 unspecified atom stereocenters. The van der Waals surface area contributed by atoms with Crippen LogP contribution in [0.5, 0.6) is 0 Å². The first-order valence-corrected chi connectivity index (χ1v) is 7.22. The van der Waals surface area contributed by atoms with E-state index in [0.29, 0.717) is 0 Å². The van der Waals surface area contributed by atoms with E-state index in [2.05, 4.69) is 43.9 Å². The molecule has 0 bridgehead atoms. The Labute approximate surface area is 120 Å². The molecule has 20 heavy (non-hydrogen) atoms. The van der Waals surface area contributed by atoms with Gasteiger partial charge in [-0.2, -0.15) is 0 Å². The Kier molecular flexibility index (Phi) is 2.80. The van der Waals surface area contributed by atoms with E-state index in [1.807, 2.05) is 17.0 Å². The third-order valence-electron chi connectivity index (χ3n) is 5.23. The van der Waals surface area contributed by atoms with Crippen molar-refractivity contribution < 1.29 is 4.79 Å². The minimum Gasteiger partial charge on any atom is -0.296 e. The number of carbonyl (C=O) groups excluding carboxylic acids is 1. The maximum atomic E-state index is 12.2. The third kappa shape index (κ3) is 1.41. The topological polar surface area (TPSA) is 32.3 Å². The number of amides is 1. The zero-order valence-electron chi connectivity index (χ0n) is 12.4. The van der Waals surface area contributed by atoms with Crippen LogP contribution < -0.4 is 10.2 Å². The largest absolute Gasteiger partial charge is 0.296 e. The Morgan fingerprint density at radius 1 is 1.50 bits per heavy atom. The fourth-order valence-electron chi connectivity index (χ4n) is 4.07. The number of carbonyl (C=O) groups is 1. The van der Waals surface area contributed by atoms with Gasteiger partial charge >= 0.3 is 0 Å². The third-order valence-corrected chi connectivity index (χ3v) is 5.23. The van der Waals surface area contributed by atoms with Gasteiger partial charge in [-0.15, -0.1) is 6.58 Å². The van der Waals surface area contributed by atoms with Crippen molar-refractivity contribution in [2.24, 2.45) is 5.41 Å². The highest BCUT2D eigenvalue weighted by atomic mass is 16.2. The Bertz CT molecular complexity index is 578. The second-order valence-electron chi connectivity index (χ2n) is 6.41. The number of rotatable bonds is 2. The molecule has 1 N–H and O–H groups in total. The number of fused-ring (bicyclic) bond motifs is 3. The van der Waals surface area contributed by atoms with E-state index in [1.54, 1.807) is 6.92 Å². The molecule has 2 atom stereocenters. The van der Waals surface area contributed by atoms with Crippen LogP contribution in [0, 0.1) is 5.41 Å². The second kappa shape index (κ2) is 4.19. The first kappa shape index (κ1) is 13.4. The van der Waals surface area contributed by atoms with Gasteiger partial charge in [0.25, 0.3) is 0 Å². The molecule has 0 spiro atoms. The van der Waals surface area contributed by atoms with Gasteiger partial charge in [-0.3, -0.25) is 15.0 Å². The summed E-state index contributed by atoms with van der Waals surface area (Å²) in [4.78, 5) is 14.1. The predicted octanol–water partition coefficient (Wildman–Crippen LogP) is 2.82. The van der Waals surface area contributed by atoms with Gasteiger partial charge in [0.1, 0.15) is 0 Å². The van der Waals surface area contributed by atoms with Crippen molar-refractivity contribution in [1.29, 1.82) is 0 Å². The summed E-state index contributed by atoms with van der Waals surface area (Å²) in [7, 11) is 0. The zero-order chi connectivity index (χ0) is 14.5. The lowest BCUT2D eigenvalue weighted by Gasteiger charge is -2.43. The number of para-hydroxylation sites is 1.